The topological polar surface area (TPSA) is 92.9 Å². The lowest BCUT2D eigenvalue weighted by Gasteiger charge is -2.22. The molecule has 0 saturated carbocycles. The molecule has 0 unspecified atom stereocenters. The third-order valence-electron chi connectivity index (χ3n) is 4.55. The Balaban J connectivity index is 1.67. The van der Waals surface area contributed by atoms with Crippen LogP contribution in [-0.2, 0) is 20.7 Å². The predicted molar refractivity (Wildman–Crippen MR) is 96.6 cm³/mol. The van der Waals surface area contributed by atoms with Gasteiger partial charge in [-0.15, -0.1) is 0 Å². The summed E-state index contributed by atoms with van der Waals surface area (Å²) < 4.78 is 5.28. The number of urea groups is 1. The van der Waals surface area contributed by atoms with Crippen molar-refractivity contribution in [2.45, 2.75) is 57.7 Å². The van der Waals surface area contributed by atoms with Crippen LogP contribution in [0, 0.1) is 0 Å². The molecule has 2 atom stereocenters. The molecular formula is C19H25N3O4. The van der Waals surface area contributed by atoms with Gasteiger partial charge in [0.2, 0.25) is 0 Å². The Morgan fingerprint density at radius 3 is 2.50 bits per heavy atom. The summed E-state index contributed by atoms with van der Waals surface area (Å²) in [7, 11) is 0. The van der Waals surface area contributed by atoms with Crippen molar-refractivity contribution in [1.82, 2.24) is 4.90 Å². The second-order valence-electron chi connectivity index (χ2n) is 7.82. The molecule has 0 radical (unpaired) electrons. The Kier molecular flexibility index (Phi) is 4.75. The minimum Gasteiger partial charge on any atom is -0.459 e. The van der Waals surface area contributed by atoms with E-state index in [9.17, 15) is 14.4 Å². The van der Waals surface area contributed by atoms with Crippen LogP contribution in [0.2, 0.25) is 0 Å². The number of anilines is 1. The lowest BCUT2D eigenvalue weighted by Crippen LogP contribution is -2.38. The van der Waals surface area contributed by atoms with Crippen LogP contribution in [0.3, 0.4) is 0 Å². The van der Waals surface area contributed by atoms with Crippen LogP contribution in [0.4, 0.5) is 10.5 Å². The zero-order chi connectivity index (χ0) is 19.1. The molecule has 0 aliphatic carbocycles. The van der Waals surface area contributed by atoms with Gasteiger partial charge in [-0.2, -0.15) is 0 Å². The summed E-state index contributed by atoms with van der Waals surface area (Å²) >= 11 is 0. The molecule has 2 N–H and O–H groups in total. The Bertz CT molecular complexity index is 701. The highest BCUT2D eigenvalue weighted by molar-refractivity contribution is 6.21. The largest absolute Gasteiger partial charge is 0.459 e. The highest BCUT2D eigenvalue weighted by Crippen LogP contribution is 2.31. The van der Waals surface area contributed by atoms with E-state index in [4.69, 9.17) is 10.5 Å². The average molecular weight is 359 g/mol. The molecule has 3 rings (SSSR count). The number of carbonyl (C=O) groups is 3. The highest BCUT2D eigenvalue weighted by atomic mass is 16.6. The second kappa shape index (κ2) is 6.72. The summed E-state index contributed by atoms with van der Waals surface area (Å²) in [5.74, 6) is -0.613. The van der Waals surface area contributed by atoms with Crippen LogP contribution in [0.25, 0.3) is 0 Å². The normalized spacial score (nSPS) is 21.2. The molecule has 0 bridgehead atoms. The molecule has 3 amide bonds. The van der Waals surface area contributed by atoms with E-state index in [0.29, 0.717) is 18.7 Å². The number of fused-ring (bicyclic) bond motifs is 1. The summed E-state index contributed by atoms with van der Waals surface area (Å²) in [6.45, 7) is 6.01. The molecule has 1 aromatic carbocycles. The van der Waals surface area contributed by atoms with Crippen LogP contribution in [-0.4, -0.2) is 47.0 Å². The van der Waals surface area contributed by atoms with Crippen LogP contribution in [0.15, 0.2) is 24.3 Å². The number of hydrogen-bond donors (Lipinski definition) is 1. The number of amides is 3. The molecule has 0 aromatic heterocycles. The van der Waals surface area contributed by atoms with E-state index < -0.39 is 17.6 Å². The van der Waals surface area contributed by atoms with Gasteiger partial charge < -0.3 is 15.4 Å². The molecule has 2 saturated heterocycles. The molecule has 140 valence electrons. The van der Waals surface area contributed by atoms with Gasteiger partial charge in [0.15, 0.2) is 0 Å². The van der Waals surface area contributed by atoms with Gasteiger partial charge >= 0.3 is 12.0 Å². The van der Waals surface area contributed by atoms with Gasteiger partial charge in [0.25, 0.3) is 5.91 Å². The van der Waals surface area contributed by atoms with Crippen LogP contribution >= 0.6 is 0 Å². The van der Waals surface area contributed by atoms with E-state index in [1.54, 1.807) is 49.9 Å². The average Bonchev–Trinajstić information content (AvgIpc) is 3.11. The fourth-order valence-corrected chi connectivity index (χ4v) is 3.36. The number of ether oxygens (including phenoxy) is 1. The smallest absolute Gasteiger partial charge is 0.332 e. The molecular weight excluding hydrogens is 334 g/mol. The first-order chi connectivity index (χ1) is 12.2. The quantitative estimate of drug-likeness (QED) is 0.654. The van der Waals surface area contributed by atoms with Crippen molar-refractivity contribution in [3.05, 3.63) is 29.8 Å². The number of rotatable bonds is 4. The number of nitrogens with zero attached hydrogens (tertiary/aromatic N) is 2. The number of benzene rings is 1. The number of carbonyl (C=O) groups excluding carboxylic acids is 3. The van der Waals surface area contributed by atoms with Crippen LogP contribution in [0.5, 0.6) is 0 Å². The maximum Gasteiger partial charge on any atom is 0.332 e. The van der Waals surface area contributed by atoms with Gasteiger partial charge in [-0.05, 0) is 57.7 Å². The first-order valence-electron chi connectivity index (χ1n) is 8.89. The zero-order valence-electron chi connectivity index (χ0n) is 15.4. The highest BCUT2D eigenvalue weighted by Gasteiger charge is 2.47. The molecule has 7 heteroatoms. The van der Waals surface area contributed by atoms with Gasteiger partial charge in [0, 0.05) is 6.54 Å². The van der Waals surface area contributed by atoms with Crippen molar-refractivity contribution in [1.29, 1.82) is 0 Å². The van der Waals surface area contributed by atoms with Crippen molar-refractivity contribution in [2.24, 2.45) is 5.73 Å². The van der Waals surface area contributed by atoms with Crippen molar-refractivity contribution in [3.63, 3.8) is 0 Å². The zero-order valence-corrected chi connectivity index (χ0v) is 15.4. The number of esters is 1. The fraction of sp³-hybridized carbons (Fsp3) is 0.526. The second-order valence-corrected chi connectivity index (χ2v) is 7.82. The monoisotopic (exact) mass is 359 g/mol. The summed E-state index contributed by atoms with van der Waals surface area (Å²) in [6.07, 6.45) is 1.92. The molecule has 7 nitrogen and oxygen atoms in total. The Hall–Kier alpha value is -2.41. The van der Waals surface area contributed by atoms with E-state index in [2.05, 4.69) is 0 Å². The third kappa shape index (κ3) is 3.58. The van der Waals surface area contributed by atoms with Gasteiger partial charge in [-0.1, -0.05) is 12.1 Å². The van der Waals surface area contributed by atoms with Crippen molar-refractivity contribution in [2.75, 3.05) is 11.4 Å². The van der Waals surface area contributed by atoms with E-state index >= 15 is 0 Å². The maximum atomic E-state index is 12.5. The van der Waals surface area contributed by atoms with Gasteiger partial charge in [0.05, 0.1) is 5.69 Å². The van der Waals surface area contributed by atoms with E-state index in [-0.39, 0.29) is 18.0 Å². The van der Waals surface area contributed by atoms with Gasteiger partial charge in [-0.3, -0.25) is 9.59 Å². The molecule has 2 aliphatic rings. The summed E-state index contributed by atoms with van der Waals surface area (Å²) in [5.41, 5.74) is 6.73. The van der Waals surface area contributed by atoms with E-state index in [1.165, 1.54) is 4.90 Å². The van der Waals surface area contributed by atoms with Crippen molar-refractivity contribution < 1.29 is 19.1 Å². The minimum atomic E-state index is -0.763. The minimum absolute atomic E-state index is 0.161. The fourth-order valence-electron chi connectivity index (χ4n) is 3.36. The standard InChI is InChI=1S/C19H25N3O4/c1-19(2,3)26-17(24)14(20)11-12-6-8-13(9-7-12)22-16(23)15-5-4-10-21(15)18(22)25/h6-9,14-15H,4-5,10-11,20H2,1-3H3/t14-,15-/m0/s1. The molecule has 2 aliphatic heterocycles. The maximum absolute atomic E-state index is 12.5. The summed E-state index contributed by atoms with van der Waals surface area (Å²) in [4.78, 5) is 39.8. The lowest BCUT2D eigenvalue weighted by molar-refractivity contribution is -0.156. The molecule has 26 heavy (non-hydrogen) atoms. The molecule has 0 spiro atoms. The predicted octanol–water partition coefficient (Wildman–Crippen LogP) is 1.83. The first kappa shape index (κ1) is 18.4. The number of imide groups is 1. The van der Waals surface area contributed by atoms with Crippen LogP contribution < -0.4 is 10.6 Å². The third-order valence-corrected chi connectivity index (χ3v) is 4.55. The number of hydrogen-bond acceptors (Lipinski definition) is 5. The van der Waals surface area contributed by atoms with Gasteiger partial charge in [-0.25, -0.2) is 9.69 Å². The lowest BCUT2D eigenvalue weighted by atomic mass is 10.1. The molecule has 2 fully saturated rings. The summed E-state index contributed by atoms with van der Waals surface area (Å²) in [5, 5.41) is 0. The van der Waals surface area contributed by atoms with E-state index in [0.717, 1.165) is 18.4 Å². The SMILES string of the molecule is CC(C)(C)OC(=O)[C@@H](N)Cc1ccc(N2C(=O)[C@@H]3CCCN3C2=O)cc1. The van der Waals surface area contributed by atoms with E-state index in [1.807, 2.05) is 0 Å². The molecule has 1 aromatic rings. The first-order valence-corrected chi connectivity index (χ1v) is 8.89. The number of nitrogens with two attached hydrogens (primary N) is 1. The van der Waals surface area contributed by atoms with Crippen molar-refractivity contribution >= 4 is 23.6 Å². The van der Waals surface area contributed by atoms with Gasteiger partial charge in [0.1, 0.15) is 17.7 Å². The Morgan fingerprint density at radius 2 is 1.92 bits per heavy atom. The van der Waals surface area contributed by atoms with Crippen molar-refractivity contribution in [3.8, 4) is 0 Å². The Morgan fingerprint density at radius 1 is 1.27 bits per heavy atom. The molecule has 2 heterocycles. The Labute approximate surface area is 153 Å². The summed E-state index contributed by atoms with van der Waals surface area (Å²) in [6, 6.07) is 5.66. The van der Waals surface area contributed by atoms with Crippen LogP contribution in [0.1, 0.15) is 39.2 Å².